The molecule has 100 valence electrons. The van der Waals surface area contributed by atoms with Crippen LogP contribution in [-0.2, 0) is 5.60 Å². The molecule has 1 aromatic carbocycles. The Morgan fingerprint density at radius 2 is 2.11 bits per heavy atom. The van der Waals surface area contributed by atoms with Crippen LogP contribution in [0.25, 0.3) is 5.69 Å². The molecule has 1 heterocycles. The van der Waals surface area contributed by atoms with Crippen molar-refractivity contribution < 1.29 is 10.0 Å². The molecule has 0 atom stereocenters. The average molecular weight is 262 g/mol. The van der Waals surface area contributed by atoms with E-state index in [1.54, 1.807) is 26.0 Å². The predicted octanol–water partition coefficient (Wildman–Crippen LogP) is 1.71. The minimum atomic E-state index is -1.14. The fourth-order valence-electron chi connectivity index (χ4n) is 1.63. The van der Waals surface area contributed by atoms with E-state index in [0.717, 1.165) is 5.56 Å². The number of nitro groups is 1. The van der Waals surface area contributed by atoms with Crippen molar-refractivity contribution in [3.05, 3.63) is 45.8 Å². The van der Waals surface area contributed by atoms with Crippen LogP contribution in [0.3, 0.4) is 0 Å². The molecule has 0 aliphatic rings. The van der Waals surface area contributed by atoms with E-state index in [2.05, 4.69) is 10.3 Å². The molecule has 7 heteroatoms. The average Bonchev–Trinajstić information content (AvgIpc) is 2.77. The quantitative estimate of drug-likeness (QED) is 0.671. The van der Waals surface area contributed by atoms with Gasteiger partial charge in [0.25, 0.3) is 5.69 Å². The molecule has 0 spiro atoms. The molecule has 2 aromatic rings. The van der Waals surface area contributed by atoms with E-state index in [1.807, 2.05) is 6.92 Å². The Hall–Kier alpha value is -2.28. The van der Waals surface area contributed by atoms with Gasteiger partial charge in [-0.3, -0.25) is 10.1 Å². The molecule has 0 saturated heterocycles. The Labute approximate surface area is 109 Å². The van der Waals surface area contributed by atoms with Gasteiger partial charge in [0, 0.05) is 6.07 Å². The SMILES string of the molecule is Cc1ccc([N+](=O)[O-])c(-n2cc(C(C)(C)O)nn2)c1. The van der Waals surface area contributed by atoms with E-state index in [-0.39, 0.29) is 5.69 Å². The maximum atomic E-state index is 11.0. The van der Waals surface area contributed by atoms with Gasteiger partial charge in [0.1, 0.15) is 17.0 Å². The molecule has 2 rings (SSSR count). The van der Waals surface area contributed by atoms with Crippen molar-refractivity contribution in [2.75, 3.05) is 0 Å². The zero-order valence-electron chi connectivity index (χ0n) is 10.9. The molecule has 0 saturated carbocycles. The Bertz CT molecular complexity index is 628. The third kappa shape index (κ3) is 2.60. The summed E-state index contributed by atoms with van der Waals surface area (Å²) in [6, 6.07) is 4.74. The number of aryl methyl sites for hydroxylation is 1. The smallest absolute Gasteiger partial charge is 0.294 e. The first-order valence-electron chi connectivity index (χ1n) is 5.69. The van der Waals surface area contributed by atoms with Gasteiger partial charge < -0.3 is 5.11 Å². The summed E-state index contributed by atoms with van der Waals surface area (Å²) < 4.78 is 1.30. The van der Waals surface area contributed by atoms with Gasteiger partial charge in [-0.05, 0) is 32.4 Å². The Balaban J connectivity index is 2.55. The minimum Gasteiger partial charge on any atom is -0.384 e. The highest BCUT2D eigenvalue weighted by atomic mass is 16.6. The number of aromatic nitrogens is 3. The Morgan fingerprint density at radius 3 is 2.63 bits per heavy atom. The molecular formula is C12H14N4O3. The summed E-state index contributed by atoms with van der Waals surface area (Å²) in [5.41, 5.74) is 0.353. The third-order valence-electron chi connectivity index (χ3n) is 2.69. The van der Waals surface area contributed by atoms with Crippen LogP contribution >= 0.6 is 0 Å². The van der Waals surface area contributed by atoms with E-state index in [1.165, 1.54) is 16.9 Å². The van der Waals surface area contributed by atoms with Crippen LogP contribution in [0, 0.1) is 17.0 Å². The molecule has 1 aromatic heterocycles. The van der Waals surface area contributed by atoms with Gasteiger partial charge >= 0.3 is 0 Å². The van der Waals surface area contributed by atoms with Crippen molar-refractivity contribution in [2.24, 2.45) is 0 Å². The van der Waals surface area contributed by atoms with Crippen molar-refractivity contribution in [3.8, 4) is 5.69 Å². The summed E-state index contributed by atoms with van der Waals surface area (Å²) in [6.07, 6.45) is 1.49. The fraction of sp³-hybridized carbons (Fsp3) is 0.333. The number of rotatable bonds is 3. The second-order valence-electron chi connectivity index (χ2n) is 4.86. The van der Waals surface area contributed by atoms with Crippen LogP contribution < -0.4 is 0 Å². The zero-order valence-corrected chi connectivity index (χ0v) is 10.9. The highest BCUT2D eigenvalue weighted by molar-refractivity contribution is 5.53. The summed E-state index contributed by atoms with van der Waals surface area (Å²) in [5, 5.41) is 28.5. The Morgan fingerprint density at radius 1 is 1.42 bits per heavy atom. The van der Waals surface area contributed by atoms with Crippen molar-refractivity contribution in [2.45, 2.75) is 26.4 Å². The van der Waals surface area contributed by atoms with E-state index in [4.69, 9.17) is 0 Å². The summed E-state index contributed by atoms with van der Waals surface area (Å²) in [5.74, 6) is 0. The van der Waals surface area contributed by atoms with Crippen LogP contribution in [-0.4, -0.2) is 25.0 Å². The lowest BCUT2D eigenvalue weighted by atomic mass is 10.1. The number of hydrogen-bond acceptors (Lipinski definition) is 5. The Kier molecular flexibility index (Phi) is 3.07. The molecule has 0 fully saturated rings. The molecule has 0 amide bonds. The van der Waals surface area contributed by atoms with Crippen molar-refractivity contribution in [3.63, 3.8) is 0 Å². The molecule has 0 aliphatic heterocycles. The second-order valence-corrected chi connectivity index (χ2v) is 4.86. The summed E-state index contributed by atoms with van der Waals surface area (Å²) >= 11 is 0. The lowest BCUT2D eigenvalue weighted by Crippen LogP contribution is -2.15. The first-order chi connectivity index (χ1) is 8.79. The molecule has 0 unspecified atom stereocenters. The zero-order chi connectivity index (χ0) is 14.2. The maximum absolute atomic E-state index is 11.0. The van der Waals surface area contributed by atoms with Crippen molar-refractivity contribution in [1.29, 1.82) is 0 Å². The van der Waals surface area contributed by atoms with Gasteiger partial charge in [-0.15, -0.1) is 5.10 Å². The summed E-state index contributed by atoms with van der Waals surface area (Å²) in [6.45, 7) is 4.99. The molecule has 19 heavy (non-hydrogen) atoms. The normalized spacial score (nSPS) is 11.6. The molecule has 0 bridgehead atoms. The topological polar surface area (TPSA) is 94.1 Å². The van der Waals surface area contributed by atoms with E-state index < -0.39 is 10.5 Å². The predicted molar refractivity (Wildman–Crippen MR) is 68.0 cm³/mol. The van der Waals surface area contributed by atoms with E-state index in [9.17, 15) is 15.2 Å². The van der Waals surface area contributed by atoms with Gasteiger partial charge in [0.05, 0.1) is 11.1 Å². The lowest BCUT2D eigenvalue weighted by Gasteiger charge is -2.11. The molecular weight excluding hydrogens is 248 g/mol. The van der Waals surface area contributed by atoms with Crippen molar-refractivity contribution in [1.82, 2.24) is 15.0 Å². The standard InChI is InChI=1S/C12H14N4O3/c1-8-4-5-9(16(18)19)10(6-8)15-7-11(13-14-15)12(2,3)17/h4-7,17H,1-3H3. The minimum absolute atomic E-state index is 0.0576. The molecule has 0 aliphatic carbocycles. The number of hydrogen-bond donors (Lipinski definition) is 1. The van der Waals surface area contributed by atoms with E-state index >= 15 is 0 Å². The molecule has 0 radical (unpaired) electrons. The highest BCUT2D eigenvalue weighted by Gasteiger charge is 2.23. The van der Waals surface area contributed by atoms with Gasteiger partial charge in [0.2, 0.25) is 0 Å². The summed E-state index contributed by atoms with van der Waals surface area (Å²) in [7, 11) is 0. The molecule has 1 N–H and O–H groups in total. The van der Waals surface area contributed by atoms with Gasteiger partial charge in [-0.25, -0.2) is 4.68 Å². The lowest BCUT2D eigenvalue weighted by molar-refractivity contribution is -0.384. The van der Waals surface area contributed by atoms with Gasteiger partial charge in [0.15, 0.2) is 0 Å². The largest absolute Gasteiger partial charge is 0.384 e. The number of nitro benzene ring substituents is 1. The third-order valence-corrected chi connectivity index (χ3v) is 2.69. The number of nitrogens with zero attached hydrogens (tertiary/aromatic N) is 4. The number of benzene rings is 1. The first kappa shape index (κ1) is 13.2. The van der Waals surface area contributed by atoms with Crippen LogP contribution in [0.15, 0.2) is 24.4 Å². The van der Waals surface area contributed by atoms with Gasteiger partial charge in [-0.1, -0.05) is 11.3 Å². The monoisotopic (exact) mass is 262 g/mol. The summed E-state index contributed by atoms with van der Waals surface area (Å²) in [4.78, 5) is 10.5. The van der Waals surface area contributed by atoms with Crippen molar-refractivity contribution >= 4 is 5.69 Å². The maximum Gasteiger partial charge on any atom is 0.294 e. The van der Waals surface area contributed by atoms with Crippen LogP contribution in [0.1, 0.15) is 25.1 Å². The first-order valence-corrected chi connectivity index (χ1v) is 5.69. The van der Waals surface area contributed by atoms with Crippen LogP contribution in [0.4, 0.5) is 5.69 Å². The second kappa shape index (κ2) is 4.43. The molecule has 7 nitrogen and oxygen atoms in total. The van der Waals surface area contributed by atoms with E-state index in [0.29, 0.717) is 11.4 Å². The highest BCUT2D eigenvalue weighted by Crippen LogP contribution is 2.25. The van der Waals surface area contributed by atoms with Crippen LogP contribution in [0.2, 0.25) is 0 Å². The van der Waals surface area contributed by atoms with Crippen LogP contribution in [0.5, 0.6) is 0 Å². The van der Waals surface area contributed by atoms with Gasteiger partial charge in [-0.2, -0.15) is 0 Å². The fourth-order valence-corrected chi connectivity index (χ4v) is 1.63. The number of aliphatic hydroxyl groups is 1.